The van der Waals surface area contributed by atoms with E-state index in [1.807, 2.05) is 12.1 Å². The van der Waals surface area contributed by atoms with Crippen LogP contribution in [0.2, 0.25) is 0 Å². The molecule has 0 amide bonds. The molecule has 27 heavy (non-hydrogen) atoms. The van der Waals surface area contributed by atoms with Gasteiger partial charge in [0.15, 0.2) is 0 Å². The van der Waals surface area contributed by atoms with Gasteiger partial charge in [-0.2, -0.15) is 0 Å². The number of hydrogen-bond acceptors (Lipinski definition) is 2. The zero-order chi connectivity index (χ0) is 18.7. The molecule has 0 bridgehead atoms. The normalized spacial score (nSPS) is 11.7. The average Bonchev–Trinajstić information content (AvgIpc) is 2.98. The highest BCUT2D eigenvalue weighted by Gasteiger charge is 2.16. The molecule has 0 saturated carbocycles. The van der Waals surface area contributed by atoms with Gasteiger partial charge in [-0.05, 0) is 43.5 Å². The first-order valence-corrected chi connectivity index (χ1v) is 9.50. The first-order chi connectivity index (χ1) is 13.0. The van der Waals surface area contributed by atoms with Gasteiger partial charge in [0.1, 0.15) is 11.6 Å². The van der Waals surface area contributed by atoms with Crippen molar-refractivity contribution in [1.29, 1.82) is 0 Å². The molecule has 0 N–H and O–H groups in total. The first-order valence-electron chi connectivity index (χ1n) is 8.69. The van der Waals surface area contributed by atoms with E-state index in [0.29, 0.717) is 10.8 Å². The number of aromatic nitrogens is 1. The van der Waals surface area contributed by atoms with Crippen LogP contribution in [0.15, 0.2) is 54.7 Å². The smallest absolute Gasteiger partial charge is 0.135 e. The van der Waals surface area contributed by atoms with Crippen molar-refractivity contribution in [3.63, 3.8) is 0 Å². The molecule has 0 spiro atoms. The summed E-state index contributed by atoms with van der Waals surface area (Å²) in [6, 6.07) is 14.4. The molecule has 4 heteroatoms. The van der Waals surface area contributed by atoms with E-state index in [-0.39, 0.29) is 0 Å². The van der Waals surface area contributed by atoms with Gasteiger partial charge in [-0.15, -0.1) is 11.3 Å². The Kier molecular flexibility index (Phi) is 3.52. The summed E-state index contributed by atoms with van der Waals surface area (Å²) < 4.78 is 30.1. The molecule has 0 fully saturated rings. The van der Waals surface area contributed by atoms with Crippen LogP contribution in [0, 0.1) is 25.5 Å². The third-order valence-corrected chi connectivity index (χ3v) is 6.13. The van der Waals surface area contributed by atoms with Crippen molar-refractivity contribution in [3.05, 3.63) is 77.5 Å². The summed E-state index contributed by atoms with van der Waals surface area (Å²) in [6.07, 6.45) is 1.80. The van der Waals surface area contributed by atoms with Gasteiger partial charge in [0.25, 0.3) is 0 Å². The molecule has 3 aromatic carbocycles. The van der Waals surface area contributed by atoms with Crippen molar-refractivity contribution in [1.82, 2.24) is 4.98 Å². The summed E-state index contributed by atoms with van der Waals surface area (Å²) in [5.74, 6) is -1.08. The Labute approximate surface area is 158 Å². The van der Waals surface area contributed by atoms with Crippen LogP contribution < -0.4 is 0 Å². The highest BCUT2D eigenvalue weighted by molar-refractivity contribution is 7.27. The van der Waals surface area contributed by atoms with E-state index in [9.17, 15) is 8.78 Å². The predicted molar refractivity (Wildman–Crippen MR) is 109 cm³/mol. The molecule has 0 aliphatic carbocycles. The number of halogens is 2. The van der Waals surface area contributed by atoms with Gasteiger partial charge in [0.05, 0.1) is 10.4 Å². The second-order valence-corrected chi connectivity index (χ2v) is 7.96. The minimum Gasteiger partial charge on any atom is -0.255 e. The van der Waals surface area contributed by atoms with Crippen LogP contribution in [-0.2, 0) is 0 Å². The zero-order valence-electron chi connectivity index (χ0n) is 14.8. The lowest BCUT2D eigenvalue weighted by atomic mass is 10.0. The van der Waals surface area contributed by atoms with E-state index in [2.05, 4.69) is 37.0 Å². The lowest BCUT2D eigenvalue weighted by molar-refractivity contribution is 0.592. The van der Waals surface area contributed by atoms with Crippen molar-refractivity contribution in [2.24, 2.45) is 0 Å². The summed E-state index contributed by atoms with van der Waals surface area (Å²) in [7, 11) is 0. The van der Waals surface area contributed by atoms with Crippen LogP contribution in [0.4, 0.5) is 8.78 Å². The molecule has 0 unspecified atom stereocenters. The number of thiophene rings is 1. The summed E-state index contributed by atoms with van der Waals surface area (Å²) >= 11 is 1.52. The highest BCUT2D eigenvalue weighted by atomic mass is 32.1. The fourth-order valence-corrected chi connectivity index (χ4v) is 5.21. The Balaban J connectivity index is 1.91. The van der Waals surface area contributed by atoms with Crippen molar-refractivity contribution >= 4 is 42.3 Å². The van der Waals surface area contributed by atoms with Crippen LogP contribution >= 0.6 is 11.3 Å². The third kappa shape index (κ3) is 2.52. The quantitative estimate of drug-likeness (QED) is 0.303. The van der Waals surface area contributed by atoms with E-state index in [0.717, 1.165) is 37.5 Å². The maximum absolute atomic E-state index is 14.6. The summed E-state index contributed by atoms with van der Waals surface area (Å²) in [5.41, 5.74) is 4.31. The second-order valence-electron chi connectivity index (χ2n) is 6.94. The van der Waals surface area contributed by atoms with Crippen LogP contribution in [0.5, 0.6) is 0 Å². The summed E-state index contributed by atoms with van der Waals surface area (Å²) in [4.78, 5) is 4.63. The van der Waals surface area contributed by atoms with Crippen molar-refractivity contribution in [3.8, 4) is 11.3 Å². The van der Waals surface area contributed by atoms with Crippen LogP contribution in [0.1, 0.15) is 11.1 Å². The minimum atomic E-state index is -0.557. The molecule has 0 atom stereocenters. The minimum absolute atomic E-state index is 0.474. The van der Waals surface area contributed by atoms with Crippen LogP contribution in [0.3, 0.4) is 0 Å². The molecular weight excluding hydrogens is 360 g/mol. The molecule has 132 valence electrons. The van der Waals surface area contributed by atoms with E-state index in [1.165, 1.54) is 28.5 Å². The van der Waals surface area contributed by atoms with E-state index < -0.39 is 11.6 Å². The number of aryl methyl sites for hydroxylation is 2. The van der Waals surface area contributed by atoms with Gasteiger partial charge in [-0.25, -0.2) is 8.78 Å². The number of nitrogens with zero attached hydrogens (tertiary/aromatic N) is 1. The van der Waals surface area contributed by atoms with Gasteiger partial charge in [-0.1, -0.05) is 29.3 Å². The third-order valence-electron chi connectivity index (χ3n) is 4.88. The highest BCUT2D eigenvalue weighted by Crippen LogP contribution is 2.42. The molecule has 0 aliphatic rings. The van der Waals surface area contributed by atoms with Crippen molar-refractivity contribution in [2.45, 2.75) is 13.8 Å². The van der Waals surface area contributed by atoms with E-state index >= 15 is 0 Å². The van der Waals surface area contributed by atoms with Crippen molar-refractivity contribution < 1.29 is 8.78 Å². The number of hydrogen-bond donors (Lipinski definition) is 0. The number of benzene rings is 3. The lowest BCUT2D eigenvalue weighted by Crippen LogP contribution is -1.86. The fraction of sp³-hybridized carbons (Fsp3) is 0.0870. The molecular formula is C23H15F2NS. The van der Waals surface area contributed by atoms with Gasteiger partial charge in [0, 0.05) is 38.7 Å². The van der Waals surface area contributed by atoms with Gasteiger partial charge in [-0.3, -0.25) is 4.98 Å². The number of pyridine rings is 1. The largest absolute Gasteiger partial charge is 0.255 e. The predicted octanol–water partition coefficient (Wildman–Crippen LogP) is 7.16. The first kappa shape index (κ1) is 16.3. The molecule has 2 aromatic heterocycles. The standard InChI is InChI=1S/C23H15F2NS/c1-12-7-13(2)9-15(8-12)21-23-18(5-6-26-21)17-4-3-14-10-16(24)11-19(25)20(14)22(17)27-23/h3-11H,1-2H3. The van der Waals surface area contributed by atoms with Gasteiger partial charge >= 0.3 is 0 Å². The molecule has 0 radical (unpaired) electrons. The Morgan fingerprint density at radius 1 is 0.815 bits per heavy atom. The Hall–Kier alpha value is -2.85. The van der Waals surface area contributed by atoms with Gasteiger partial charge < -0.3 is 0 Å². The number of rotatable bonds is 1. The molecule has 5 aromatic rings. The summed E-state index contributed by atoms with van der Waals surface area (Å²) in [6.45, 7) is 4.14. The maximum atomic E-state index is 14.6. The molecule has 5 rings (SSSR count). The Bertz CT molecular complexity index is 1350. The lowest BCUT2D eigenvalue weighted by Gasteiger charge is -2.05. The molecule has 1 nitrogen and oxygen atoms in total. The second kappa shape index (κ2) is 5.83. The monoisotopic (exact) mass is 375 g/mol. The van der Waals surface area contributed by atoms with E-state index in [1.54, 1.807) is 12.3 Å². The summed E-state index contributed by atoms with van der Waals surface area (Å²) in [5, 5.41) is 3.07. The Morgan fingerprint density at radius 3 is 2.33 bits per heavy atom. The molecule has 2 heterocycles. The average molecular weight is 375 g/mol. The number of fused-ring (bicyclic) bond motifs is 5. The topological polar surface area (TPSA) is 12.9 Å². The fourth-order valence-electron chi connectivity index (χ4n) is 3.85. The maximum Gasteiger partial charge on any atom is 0.135 e. The molecule has 0 aliphatic heterocycles. The van der Waals surface area contributed by atoms with E-state index in [4.69, 9.17) is 0 Å². The van der Waals surface area contributed by atoms with Crippen LogP contribution in [0.25, 0.3) is 42.2 Å². The van der Waals surface area contributed by atoms with Crippen LogP contribution in [-0.4, -0.2) is 4.98 Å². The molecule has 0 saturated heterocycles. The van der Waals surface area contributed by atoms with Crippen molar-refractivity contribution in [2.75, 3.05) is 0 Å². The SMILES string of the molecule is Cc1cc(C)cc(-c2nccc3c2sc2c3ccc3cc(F)cc(F)c32)c1. The Morgan fingerprint density at radius 2 is 1.56 bits per heavy atom. The van der Waals surface area contributed by atoms with Gasteiger partial charge in [0.2, 0.25) is 0 Å². The zero-order valence-corrected chi connectivity index (χ0v) is 15.6.